The SMILES string of the molecule is C[C@@H](O)[C@H]1C(=O)N2C(C(=O)OCOC(=O)C(C)(C)C)=C(c3cccc(CC(=O)Nc4nccn4C)c3)C[C@H]12. The minimum atomic E-state index is -0.880. The van der Waals surface area contributed by atoms with Crippen molar-refractivity contribution in [2.75, 3.05) is 12.1 Å². The zero-order valence-electron chi connectivity index (χ0n) is 22.1. The summed E-state index contributed by atoms with van der Waals surface area (Å²) in [4.78, 5) is 56.1. The Bertz CT molecular complexity index is 1300. The Labute approximate surface area is 220 Å². The average molecular weight is 525 g/mol. The van der Waals surface area contributed by atoms with E-state index in [1.807, 2.05) is 0 Å². The number of hydrogen-bond donors (Lipinski definition) is 2. The number of carbonyl (C=O) groups is 4. The number of fused-ring (bicyclic) bond motifs is 1. The van der Waals surface area contributed by atoms with Crippen molar-refractivity contribution in [2.45, 2.75) is 52.7 Å². The maximum atomic E-state index is 13.1. The first-order valence-electron chi connectivity index (χ1n) is 12.3. The van der Waals surface area contributed by atoms with Crippen molar-refractivity contribution in [1.29, 1.82) is 0 Å². The molecular formula is C27H32N4O7. The number of imidazole rings is 1. The largest absolute Gasteiger partial charge is 0.427 e. The molecule has 3 heterocycles. The number of amides is 2. The lowest BCUT2D eigenvalue weighted by Gasteiger charge is -2.44. The van der Waals surface area contributed by atoms with E-state index < -0.39 is 42.2 Å². The van der Waals surface area contributed by atoms with Crippen molar-refractivity contribution in [3.05, 3.63) is 53.5 Å². The Morgan fingerprint density at radius 3 is 2.61 bits per heavy atom. The molecule has 3 atom stereocenters. The van der Waals surface area contributed by atoms with E-state index >= 15 is 0 Å². The lowest BCUT2D eigenvalue weighted by Crippen LogP contribution is -2.61. The zero-order valence-corrected chi connectivity index (χ0v) is 22.1. The van der Waals surface area contributed by atoms with E-state index in [1.165, 1.54) is 4.90 Å². The number of β-lactam (4-membered cyclic amide) rings is 1. The Balaban J connectivity index is 1.56. The first kappa shape index (κ1) is 27.1. The second kappa shape index (κ2) is 10.4. The van der Waals surface area contributed by atoms with Crippen LogP contribution in [0.2, 0.25) is 0 Å². The summed E-state index contributed by atoms with van der Waals surface area (Å²) in [6, 6.07) is 6.74. The number of aromatic nitrogens is 2. The van der Waals surface area contributed by atoms with Gasteiger partial charge in [-0.15, -0.1) is 0 Å². The van der Waals surface area contributed by atoms with E-state index in [0.717, 1.165) is 0 Å². The van der Waals surface area contributed by atoms with E-state index in [9.17, 15) is 24.3 Å². The molecule has 1 fully saturated rings. The summed E-state index contributed by atoms with van der Waals surface area (Å²) in [6.07, 6.45) is 2.82. The van der Waals surface area contributed by atoms with E-state index in [1.54, 1.807) is 76.0 Å². The van der Waals surface area contributed by atoms with Gasteiger partial charge in [0.15, 0.2) is 0 Å². The quantitative estimate of drug-likeness (QED) is 0.304. The van der Waals surface area contributed by atoms with Crippen molar-refractivity contribution in [2.24, 2.45) is 18.4 Å². The molecule has 11 heteroatoms. The van der Waals surface area contributed by atoms with Crippen LogP contribution in [0.25, 0.3) is 5.57 Å². The van der Waals surface area contributed by atoms with E-state index in [2.05, 4.69) is 10.3 Å². The summed E-state index contributed by atoms with van der Waals surface area (Å²) in [6.45, 7) is 5.99. The number of hydrogen-bond acceptors (Lipinski definition) is 8. The van der Waals surface area contributed by atoms with Crippen LogP contribution < -0.4 is 5.32 Å². The third kappa shape index (κ3) is 5.33. The summed E-state index contributed by atoms with van der Waals surface area (Å²) in [5.41, 5.74) is 1.19. The number of ether oxygens (including phenoxy) is 2. The number of nitrogens with one attached hydrogen (secondary N) is 1. The fourth-order valence-electron chi connectivity index (χ4n) is 4.65. The molecule has 2 N–H and O–H groups in total. The molecule has 2 aliphatic rings. The Kier molecular flexibility index (Phi) is 7.41. The minimum absolute atomic E-state index is 0.0540. The van der Waals surface area contributed by atoms with Crippen LogP contribution in [0.4, 0.5) is 5.95 Å². The van der Waals surface area contributed by atoms with Gasteiger partial charge < -0.3 is 24.0 Å². The van der Waals surface area contributed by atoms with Gasteiger partial charge in [0, 0.05) is 19.4 Å². The number of rotatable bonds is 8. The Hall–Kier alpha value is -3.99. The molecule has 2 amide bonds. The molecule has 1 aromatic heterocycles. The van der Waals surface area contributed by atoms with Crippen molar-refractivity contribution in [3.63, 3.8) is 0 Å². The van der Waals surface area contributed by atoms with Crippen molar-refractivity contribution >= 4 is 35.3 Å². The highest BCUT2D eigenvalue weighted by Gasteiger charge is 2.57. The maximum Gasteiger partial charge on any atom is 0.358 e. The van der Waals surface area contributed by atoms with Crippen LogP contribution in [0.3, 0.4) is 0 Å². The Morgan fingerprint density at radius 1 is 1.24 bits per heavy atom. The fourth-order valence-corrected chi connectivity index (χ4v) is 4.65. The molecule has 4 rings (SSSR count). The molecule has 2 aromatic rings. The van der Waals surface area contributed by atoms with Gasteiger partial charge in [0.25, 0.3) is 0 Å². The highest BCUT2D eigenvalue weighted by atomic mass is 16.7. The highest BCUT2D eigenvalue weighted by Crippen LogP contribution is 2.47. The molecule has 38 heavy (non-hydrogen) atoms. The van der Waals surface area contributed by atoms with Crippen LogP contribution in [0.5, 0.6) is 0 Å². The van der Waals surface area contributed by atoms with Crippen LogP contribution in [-0.2, 0) is 42.1 Å². The molecule has 0 bridgehead atoms. The minimum Gasteiger partial charge on any atom is -0.427 e. The van der Waals surface area contributed by atoms with E-state index in [4.69, 9.17) is 9.47 Å². The van der Waals surface area contributed by atoms with E-state index in [-0.39, 0.29) is 23.9 Å². The summed E-state index contributed by atoms with van der Waals surface area (Å²) in [5, 5.41) is 12.9. The van der Waals surface area contributed by atoms with Crippen LogP contribution >= 0.6 is 0 Å². The number of carbonyl (C=O) groups excluding carboxylic acids is 4. The summed E-state index contributed by atoms with van der Waals surface area (Å²) >= 11 is 0. The van der Waals surface area contributed by atoms with Crippen LogP contribution in [-0.4, -0.2) is 62.2 Å². The van der Waals surface area contributed by atoms with Crippen molar-refractivity contribution in [1.82, 2.24) is 14.5 Å². The number of anilines is 1. The number of aliphatic hydroxyl groups excluding tert-OH is 1. The molecule has 0 spiro atoms. The Morgan fingerprint density at radius 2 is 1.97 bits per heavy atom. The van der Waals surface area contributed by atoms with Gasteiger partial charge in [-0.1, -0.05) is 24.3 Å². The number of aliphatic hydroxyl groups is 1. The predicted molar refractivity (Wildman–Crippen MR) is 136 cm³/mol. The van der Waals surface area contributed by atoms with Gasteiger partial charge in [-0.05, 0) is 50.8 Å². The summed E-state index contributed by atoms with van der Waals surface area (Å²) < 4.78 is 12.0. The smallest absolute Gasteiger partial charge is 0.358 e. The van der Waals surface area contributed by atoms with Gasteiger partial charge in [-0.2, -0.15) is 0 Å². The van der Waals surface area contributed by atoms with Gasteiger partial charge in [0.1, 0.15) is 5.70 Å². The standard InChI is InChI=1S/C27H32N4O7/c1-15(32)21-19-13-18(22(31(19)23(21)34)24(35)37-14-38-25(36)27(2,3)4)17-8-6-7-16(11-17)12-20(33)29-26-28-9-10-30(26)5/h6-11,15,19,21,32H,12-14H2,1-5H3,(H,28,29,33)/t15-,19-,21-/m1/s1. The second-order valence-electron chi connectivity index (χ2n) is 10.6. The van der Waals surface area contributed by atoms with Gasteiger partial charge in [0.05, 0.1) is 29.9 Å². The molecule has 202 valence electrons. The van der Waals surface area contributed by atoms with Gasteiger partial charge >= 0.3 is 11.9 Å². The highest BCUT2D eigenvalue weighted by molar-refractivity contribution is 6.07. The van der Waals surface area contributed by atoms with Crippen LogP contribution in [0, 0.1) is 11.3 Å². The lowest BCUT2D eigenvalue weighted by atomic mass is 9.82. The van der Waals surface area contributed by atoms with Gasteiger partial charge in [-0.25, -0.2) is 9.78 Å². The molecule has 11 nitrogen and oxygen atoms in total. The molecule has 0 unspecified atom stereocenters. The predicted octanol–water partition coefficient (Wildman–Crippen LogP) is 2.01. The van der Waals surface area contributed by atoms with Crippen LogP contribution in [0.15, 0.2) is 42.4 Å². The summed E-state index contributed by atoms with van der Waals surface area (Å²) in [5.74, 6) is -2.18. The molecule has 1 saturated heterocycles. The summed E-state index contributed by atoms with van der Waals surface area (Å²) in [7, 11) is 1.77. The molecule has 1 aromatic carbocycles. The van der Waals surface area contributed by atoms with Gasteiger partial charge in [-0.3, -0.25) is 19.7 Å². The second-order valence-corrected chi connectivity index (χ2v) is 10.6. The number of benzene rings is 1. The first-order chi connectivity index (χ1) is 17.9. The first-order valence-corrected chi connectivity index (χ1v) is 12.3. The van der Waals surface area contributed by atoms with Crippen molar-refractivity contribution < 1.29 is 33.8 Å². The number of esters is 2. The normalized spacial score (nSPS) is 19.5. The van der Waals surface area contributed by atoms with Crippen LogP contribution in [0.1, 0.15) is 45.2 Å². The molecule has 2 aliphatic heterocycles. The van der Waals surface area contributed by atoms with Gasteiger partial charge in [0.2, 0.25) is 24.6 Å². The number of nitrogens with zero attached hydrogens (tertiary/aromatic N) is 3. The lowest BCUT2D eigenvalue weighted by molar-refractivity contribution is -0.175. The third-order valence-corrected chi connectivity index (χ3v) is 6.63. The average Bonchev–Trinajstić information content (AvgIpc) is 3.38. The fraction of sp³-hybridized carbons (Fsp3) is 0.444. The number of aryl methyl sites for hydroxylation is 1. The molecular weight excluding hydrogens is 492 g/mol. The molecule has 0 aliphatic carbocycles. The monoisotopic (exact) mass is 524 g/mol. The maximum absolute atomic E-state index is 13.1. The zero-order chi connectivity index (χ0) is 27.8. The van der Waals surface area contributed by atoms with Crippen molar-refractivity contribution in [3.8, 4) is 0 Å². The van der Waals surface area contributed by atoms with E-state index in [0.29, 0.717) is 29.1 Å². The molecule has 0 radical (unpaired) electrons. The third-order valence-electron chi connectivity index (χ3n) is 6.63. The molecule has 0 saturated carbocycles. The topological polar surface area (TPSA) is 140 Å².